The quantitative estimate of drug-likeness (QED) is 0.381. The van der Waals surface area contributed by atoms with Gasteiger partial charge in [0.1, 0.15) is 5.52 Å². The number of aromatic nitrogens is 3. The summed E-state index contributed by atoms with van der Waals surface area (Å²) in [6.45, 7) is 2.02. The number of hydrogen-bond acceptors (Lipinski definition) is 6. The van der Waals surface area contributed by atoms with Gasteiger partial charge in [0, 0.05) is 22.6 Å². The Morgan fingerprint density at radius 1 is 1.14 bits per heavy atom. The van der Waals surface area contributed by atoms with Crippen LogP contribution in [0.1, 0.15) is 34.6 Å². The van der Waals surface area contributed by atoms with Crippen molar-refractivity contribution in [3.8, 4) is 0 Å². The molecule has 29 heavy (non-hydrogen) atoms. The number of carbonyl (C=O) groups excluding carboxylic acids is 2. The van der Waals surface area contributed by atoms with Crippen LogP contribution in [0.25, 0.3) is 21.1 Å². The van der Waals surface area contributed by atoms with Crippen LogP contribution in [-0.2, 0) is 11.2 Å². The second-order valence-corrected chi connectivity index (χ2v) is 7.83. The number of hydrogen-bond donors (Lipinski definition) is 4. The van der Waals surface area contributed by atoms with Crippen molar-refractivity contribution < 1.29 is 9.59 Å². The smallest absolute Gasteiger partial charge is 0.271 e. The lowest BCUT2D eigenvalue weighted by molar-refractivity contribution is -0.124. The van der Waals surface area contributed by atoms with E-state index in [9.17, 15) is 9.59 Å². The van der Waals surface area contributed by atoms with Gasteiger partial charge >= 0.3 is 0 Å². The lowest BCUT2D eigenvalue weighted by Gasteiger charge is -2.28. The third-order valence-corrected chi connectivity index (χ3v) is 6.05. The normalized spacial score (nSPS) is 18.5. The van der Waals surface area contributed by atoms with Crippen molar-refractivity contribution in [2.24, 2.45) is 0 Å². The molecule has 0 saturated heterocycles. The van der Waals surface area contributed by atoms with Crippen molar-refractivity contribution in [3.63, 3.8) is 0 Å². The standard InChI is InChI=1S/C20H18N6O2S/c1-10-17-13(11-5-2-3-7-14(11)22-17)9-16(21-10)20(28)25-24-19(27)12-6-4-8-15-18(12)29-26-23-15/h2-8,10,16,21-22H,9H2,1H3,(H,24,27)(H,25,28)/t10-,16-/m0/s1. The van der Waals surface area contributed by atoms with Gasteiger partial charge in [-0.25, -0.2) is 0 Å². The Morgan fingerprint density at radius 3 is 2.90 bits per heavy atom. The van der Waals surface area contributed by atoms with Crippen molar-refractivity contribution in [2.45, 2.75) is 25.4 Å². The molecule has 4 N–H and O–H groups in total. The molecular weight excluding hydrogens is 388 g/mol. The molecule has 1 aliphatic rings. The van der Waals surface area contributed by atoms with Crippen LogP contribution in [0.4, 0.5) is 0 Å². The Bertz CT molecular complexity index is 1250. The molecule has 9 heteroatoms. The highest BCUT2D eigenvalue weighted by molar-refractivity contribution is 7.13. The number of H-pyrrole nitrogens is 1. The molecule has 2 amide bonds. The Hall–Kier alpha value is -3.30. The zero-order valence-corrected chi connectivity index (χ0v) is 16.3. The maximum atomic E-state index is 12.7. The van der Waals surface area contributed by atoms with E-state index in [1.54, 1.807) is 18.2 Å². The summed E-state index contributed by atoms with van der Waals surface area (Å²) in [4.78, 5) is 28.7. The number of benzene rings is 2. The van der Waals surface area contributed by atoms with E-state index in [1.165, 1.54) is 0 Å². The summed E-state index contributed by atoms with van der Waals surface area (Å²) in [5.74, 6) is -0.678. The van der Waals surface area contributed by atoms with Crippen molar-refractivity contribution in [1.82, 2.24) is 30.7 Å². The molecule has 0 spiro atoms. The van der Waals surface area contributed by atoms with E-state index in [2.05, 4.69) is 36.8 Å². The van der Waals surface area contributed by atoms with Gasteiger partial charge in [-0.1, -0.05) is 28.8 Å². The summed E-state index contributed by atoms with van der Waals surface area (Å²) in [7, 11) is 0. The fourth-order valence-electron chi connectivity index (χ4n) is 3.88. The van der Waals surface area contributed by atoms with Gasteiger partial charge in [0.15, 0.2) is 0 Å². The van der Waals surface area contributed by atoms with Crippen LogP contribution in [0.3, 0.4) is 0 Å². The zero-order valence-electron chi connectivity index (χ0n) is 15.5. The minimum atomic E-state index is -0.446. The molecule has 0 radical (unpaired) electrons. The third-order valence-electron chi connectivity index (χ3n) is 5.27. The monoisotopic (exact) mass is 406 g/mol. The Morgan fingerprint density at radius 2 is 2.00 bits per heavy atom. The van der Waals surface area contributed by atoms with Crippen LogP contribution in [0.5, 0.6) is 0 Å². The van der Waals surface area contributed by atoms with Crippen molar-refractivity contribution in [3.05, 3.63) is 59.3 Å². The molecule has 1 aliphatic heterocycles. The number of amides is 2. The maximum absolute atomic E-state index is 12.7. The largest absolute Gasteiger partial charge is 0.357 e. The van der Waals surface area contributed by atoms with E-state index in [4.69, 9.17) is 0 Å². The Kier molecular flexibility index (Phi) is 4.26. The second-order valence-electron chi connectivity index (χ2n) is 7.08. The molecule has 0 bridgehead atoms. The fourth-order valence-corrected chi connectivity index (χ4v) is 4.56. The zero-order chi connectivity index (χ0) is 20.0. The predicted octanol–water partition coefficient (Wildman–Crippen LogP) is 2.21. The Balaban J connectivity index is 1.31. The third kappa shape index (κ3) is 3.04. The van der Waals surface area contributed by atoms with Crippen LogP contribution in [0.15, 0.2) is 42.5 Å². The molecule has 5 rings (SSSR count). The molecular formula is C20H18N6O2S. The molecule has 146 valence electrons. The first kappa shape index (κ1) is 17.8. The summed E-state index contributed by atoms with van der Waals surface area (Å²) in [6.07, 6.45) is 0.541. The van der Waals surface area contributed by atoms with Crippen LogP contribution in [-0.4, -0.2) is 32.4 Å². The SMILES string of the molecule is C[C@@H]1N[C@H](C(=O)NNC(=O)c2cccc3nnsc23)Cc2c1[nH]c1ccccc21. The van der Waals surface area contributed by atoms with Gasteiger partial charge in [0.05, 0.1) is 16.3 Å². The molecule has 2 atom stereocenters. The van der Waals surface area contributed by atoms with Crippen molar-refractivity contribution in [2.75, 3.05) is 0 Å². The minimum absolute atomic E-state index is 0.00498. The summed E-state index contributed by atoms with van der Waals surface area (Å²) >= 11 is 1.15. The number of aromatic amines is 1. The molecule has 4 aromatic rings. The summed E-state index contributed by atoms with van der Waals surface area (Å²) < 4.78 is 4.56. The van der Waals surface area contributed by atoms with Crippen LogP contribution < -0.4 is 16.2 Å². The maximum Gasteiger partial charge on any atom is 0.271 e. The van der Waals surface area contributed by atoms with E-state index in [0.29, 0.717) is 22.2 Å². The van der Waals surface area contributed by atoms with Gasteiger partial charge in [0.25, 0.3) is 11.8 Å². The average molecular weight is 406 g/mol. The second kappa shape index (κ2) is 6.94. The number of hydrazine groups is 1. The molecule has 0 saturated carbocycles. The number of fused-ring (bicyclic) bond motifs is 4. The van der Waals surface area contributed by atoms with Crippen LogP contribution in [0.2, 0.25) is 0 Å². The fraction of sp³-hybridized carbons (Fsp3) is 0.200. The van der Waals surface area contributed by atoms with Crippen molar-refractivity contribution in [1.29, 1.82) is 0 Å². The minimum Gasteiger partial charge on any atom is -0.357 e. The lowest BCUT2D eigenvalue weighted by atomic mass is 9.94. The molecule has 0 aliphatic carbocycles. The molecule has 0 fully saturated rings. The number of nitrogens with one attached hydrogen (secondary N) is 4. The summed E-state index contributed by atoms with van der Waals surface area (Å²) in [5.41, 5.74) is 9.45. The van der Waals surface area contributed by atoms with Gasteiger partial charge in [-0.15, -0.1) is 5.10 Å². The molecule has 8 nitrogen and oxygen atoms in total. The van der Waals surface area contributed by atoms with Gasteiger partial charge < -0.3 is 4.98 Å². The first-order valence-corrected chi connectivity index (χ1v) is 10.1. The first-order chi connectivity index (χ1) is 14.1. The molecule has 2 aromatic carbocycles. The van der Waals surface area contributed by atoms with E-state index < -0.39 is 11.9 Å². The van der Waals surface area contributed by atoms with E-state index in [-0.39, 0.29) is 11.9 Å². The lowest BCUT2D eigenvalue weighted by Crippen LogP contribution is -2.53. The highest BCUT2D eigenvalue weighted by atomic mass is 32.1. The average Bonchev–Trinajstić information content (AvgIpc) is 3.36. The molecule has 2 aromatic heterocycles. The highest BCUT2D eigenvalue weighted by Gasteiger charge is 2.31. The number of nitrogens with zero attached hydrogens (tertiary/aromatic N) is 2. The predicted molar refractivity (Wildman–Crippen MR) is 110 cm³/mol. The topological polar surface area (TPSA) is 112 Å². The molecule has 0 unspecified atom stereocenters. The number of para-hydroxylation sites is 1. The summed E-state index contributed by atoms with van der Waals surface area (Å²) in [6, 6.07) is 12.8. The van der Waals surface area contributed by atoms with E-state index in [0.717, 1.165) is 33.7 Å². The van der Waals surface area contributed by atoms with Crippen LogP contribution in [0, 0.1) is 0 Å². The van der Waals surface area contributed by atoms with Gasteiger partial charge in [-0.05, 0) is 48.6 Å². The highest BCUT2D eigenvalue weighted by Crippen LogP contribution is 2.31. The number of rotatable bonds is 2. The van der Waals surface area contributed by atoms with Gasteiger partial charge in [-0.2, -0.15) is 0 Å². The summed E-state index contributed by atoms with van der Waals surface area (Å²) in [5, 5.41) is 8.40. The van der Waals surface area contributed by atoms with Gasteiger partial charge in [0.2, 0.25) is 0 Å². The molecule has 3 heterocycles. The van der Waals surface area contributed by atoms with E-state index in [1.807, 2.05) is 25.1 Å². The number of carbonyl (C=O) groups is 2. The Labute approximate surface area is 169 Å². The van der Waals surface area contributed by atoms with Crippen molar-refractivity contribution >= 4 is 44.5 Å². The van der Waals surface area contributed by atoms with E-state index >= 15 is 0 Å². The van der Waals surface area contributed by atoms with Gasteiger partial charge in [-0.3, -0.25) is 25.8 Å². The van der Waals surface area contributed by atoms with Crippen LogP contribution >= 0.6 is 11.5 Å². The first-order valence-electron chi connectivity index (χ1n) is 9.28.